The third-order valence-electron chi connectivity index (χ3n) is 2.06. The molecule has 3 amide bonds. The molecule has 1 heterocycles. The highest BCUT2D eigenvalue weighted by Gasteiger charge is 2.28. The van der Waals surface area contributed by atoms with Gasteiger partial charge in [0.25, 0.3) is 0 Å². The van der Waals surface area contributed by atoms with E-state index < -0.39 is 0 Å². The number of nitrogens with one attached hydrogen (secondary N) is 1. The number of carbonyl (C=O) groups excluding carboxylic acids is 2. The highest BCUT2D eigenvalue weighted by atomic mass is 16.2. The molecule has 1 aliphatic heterocycles. The zero-order valence-corrected chi connectivity index (χ0v) is 7.75. The summed E-state index contributed by atoms with van der Waals surface area (Å²) in [4.78, 5) is 23.9. The van der Waals surface area contributed by atoms with E-state index in [2.05, 4.69) is 11.9 Å². The fourth-order valence-electron chi connectivity index (χ4n) is 1.24. The number of hydrogen-bond acceptors (Lipinski definition) is 2. The second kappa shape index (κ2) is 4.07. The minimum absolute atomic E-state index is 0.109. The summed E-state index contributed by atoms with van der Waals surface area (Å²) in [5.41, 5.74) is 0. The number of carbonyl (C=O) groups is 2. The summed E-state index contributed by atoms with van der Waals surface area (Å²) < 4.78 is 0. The van der Waals surface area contributed by atoms with E-state index in [-0.39, 0.29) is 17.9 Å². The van der Waals surface area contributed by atoms with E-state index in [0.717, 1.165) is 6.42 Å². The minimum atomic E-state index is -0.287. The Labute approximate surface area is 77.6 Å². The van der Waals surface area contributed by atoms with Crippen molar-refractivity contribution in [2.75, 3.05) is 13.1 Å². The number of urea groups is 1. The maximum Gasteiger partial charge on any atom is 0.324 e. The monoisotopic (exact) mass is 182 g/mol. The number of hydrogen-bond donors (Lipinski definition) is 1. The third-order valence-corrected chi connectivity index (χ3v) is 2.06. The second-order valence-electron chi connectivity index (χ2n) is 3.22. The maximum atomic E-state index is 11.2. The summed E-state index contributed by atoms with van der Waals surface area (Å²) in [5.74, 6) is -0.289. The molecule has 4 heteroatoms. The highest BCUT2D eigenvalue weighted by molar-refractivity contribution is 5.97. The van der Waals surface area contributed by atoms with Crippen LogP contribution >= 0.6 is 0 Å². The fraction of sp³-hybridized carbons (Fsp3) is 0.556. The van der Waals surface area contributed by atoms with Gasteiger partial charge in [0.2, 0.25) is 5.91 Å². The van der Waals surface area contributed by atoms with E-state index in [1.165, 1.54) is 0 Å². The first-order valence-electron chi connectivity index (χ1n) is 4.36. The van der Waals surface area contributed by atoms with Gasteiger partial charge in [0, 0.05) is 13.1 Å². The topological polar surface area (TPSA) is 49.4 Å². The van der Waals surface area contributed by atoms with Gasteiger partial charge in [0.05, 0.1) is 5.92 Å². The van der Waals surface area contributed by atoms with Crippen molar-refractivity contribution in [2.45, 2.75) is 13.3 Å². The number of imide groups is 1. The standard InChI is InChI=1S/C9H14N2O2/c1-3-4-5-11-6-7(2)8(12)10-9(11)13/h3,7H,1,4-6H2,2H3,(H,10,12,13). The lowest BCUT2D eigenvalue weighted by Crippen LogP contribution is -2.53. The Morgan fingerprint density at radius 1 is 1.69 bits per heavy atom. The van der Waals surface area contributed by atoms with Gasteiger partial charge in [-0.3, -0.25) is 10.1 Å². The van der Waals surface area contributed by atoms with Crippen LogP contribution in [0.5, 0.6) is 0 Å². The van der Waals surface area contributed by atoms with Crippen molar-refractivity contribution >= 4 is 11.9 Å². The molecule has 1 aliphatic rings. The molecule has 1 fully saturated rings. The molecule has 0 radical (unpaired) electrons. The van der Waals surface area contributed by atoms with Gasteiger partial charge in [0.15, 0.2) is 0 Å². The summed E-state index contributed by atoms with van der Waals surface area (Å²) in [6.45, 7) is 6.53. The molecule has 13 heavy (non-hydrogen) atoms. The Hall–Kier alpha value is -1.32. The van der Waals surface area contributed by atoms with Crippen molar-refractivity contribution in [1.29, 1.82) is 0 Å². The Morgan fingerprint density at radius 2 is 2.38 bits per heavy atom. The van der Waals surface area contributed by atoms with Gasteiger partial charge in [-0.1, -0.05) is 13.0 Å². The molecule has 1 unspecified atom stereocenters. The molecule has 0 saturated carbocycles. The van der Waals surface area contributed by atoms with Gasteiger partial charge in [-0.05, 0) is 6.42 Å². The molecule has 0 aliphatic carbocycles. The second-order valence-corrected chi connectivity index (χ2v) is 3.22. The zero-order valence-electron chi connectivity index (χ0n) is 7.75. The van der Waals surface area contributed by atoms with Crippen molar-refractivity contribution in [3.8, 4) is 0 Å². The first-order valence-corrected chi connectivity index (χ1v) is 4.36. The van der Waals surface area contributed by atoms with E-state index in [4.69, 9.17) is 0 Å². The normalized spacial score (nSPS) is 22.8. The van der Waals surface area contributed by atoms with Gasteiger partial charge in [-0.15, -0.1) is 6.58 Å². The molecule has 1 saturated heterocycles. The summed E-state index contributed by atoms with van der Waals surface area (Å²) in [6.07, 6.45) is 2.52. The highest BCUT2D eigenvalue weighted by Crippen LogP contribution is 2.07. The van der Waals surface area contributed by atoms with E-state index in [1.807, 2.05) is 6.92 Å². The largest absolute Gasteiger partial charge is 0.324 e. The number of amides is 3. The zero-order chi connectivity index (χ0) is 9.84. The number of rotatable bonds is 3. The van der Waals surface area contributed by atoms with Crippen LogP contribution < -0.4 is 5.32 Å². The molecule has 0 aromatic heterocycles. The van der Waals surface area contributed by atoms with Crippen molar-refractivity contribution in [3.63, 3.8) is 0 Å². The molecule has 0 spiro atoms. The van der Waals surface area contributed by atoms with Crippen LogP contribution in [0.4, 0.5) is 4.79 Å². The van der Waals surface area contributed by atoms with Crippen LogP contribution in [0, 0.1) is 5.92 Å². The van der Waals surface area contributed by atoms with Crippen molar-refractivity contribution in [1.82, 2.24) is 10.2 Å². The summed E-state index contributed by atoms with van der Waals surface area (Å²) in [6, 6.07) is -0.287. The summed E-state index contributed by atoms with van der Waals surface area (Å²) >= 11 is 0. The van der Waals surface area contributed by atoms with Crippen LogP contribution in [0.1, 0.15) is 13.3 Å². The molecule has 1 N–H and O–H groups in total. The van der Waals surface area contributed by atoms with Crippen LogP contribution in [0.2, 0.25) is 0 Å². The molecular formula is C9H14N2O2. The van der Waals surface area contributed by atoms with Gasteiger partial charge in [-0.2, -0.15) is 0 Å². The number of nitrogens with zero attached hydrogens (tertiary/aromatic N) is 1. The smallest absolute Gasteiger partial charge is 0.323 e. The average molecular weight is 182 g/mol. The Kier molecular flexibility index (Phi) is 3.06. The maximum absolute atomic E-state index is 11.2. The fourth-order valence-corrected chi connectivity index (χ4v) is 1.24. The molecule has 0 aromatic rings. The molecular weight excluding hydrogens is 168 g/mol. The lowest BCUT2D eigenvalue weighted by Gasteiger charge is -2.29. The first-order chi connectivity index (χ1) is 6.15. The molecule has 0 bridgehead atoms. The van der Waals surface area contributed by atoms with Gasteiger partial charge in [-0.25, -0.2) is 4.79 Å². The third kappa shape index (κ3) is 2.31. The quantitative estimate of drug-likeness (QED) is 0.655. The van der Waals surface area contributed by atoms with Crippen molar-refractivity contribution in [3.05, 3.63) is 12.7 Å². The van der Waals surface area contributed by atoms with Gasteiger partial charge >= 0.3 is 6.03 Å². The van der Waals surface area contributed by atoms with Crippen molar-refractivity contribution < 1.29 is 9.59 Å². The van der Waals surface area contributed by atoms with Crippen LogP contribution in [-0.2, 0) is 4.79 Å². The minimum Gasteiger partial charge on any atom is -0.323 e. The molecule has 1 atom stereocenters. The van der Waals surface area contributed by atoms with Crippen molar-refractivity contribution in [2.24, 2.45) is 5.92 Å². The van der Waals surface area contributed by atoms with Crippen LogP contribution in [-0.4, -0.2) is 29.9 Å². The van der Waals surface area contributed by atoms with E-state index in [0.29, 0.717) is 13.1 Å². The first kappa shape index (κ1) is 9.77. The lowest BCUT2D eigenvalue weighted by atomic mass is 10.1. The average Bonchev–Trinajstić information content (AvgIpc) is 2.09. The predicted octanol–water partition coefficient (Wildman–Crippen LogP) is 0.750. The van der Waals surface area contributed by atoms with Gasteiger partial charge < -0.3 is 4.90 Å². The molecule has 0 aromatic carbocycles. The summed E-state index contributed by atoms with van der Waals surface area (Å²) in [7, 11) is 0. The van der Waals surface area contributed by atoms with Crippen LogP contribution in [0.25, 0.3) is 0 Å². The lowest BCUT2D eigenvalue weighted by molar-refractivity contribution is -0.125. The Morgan fingerprint density at radius 3 is 3.00 bits per heavy atom. The van der Waals surface area contributed by atoms with Crippen LogP contribution in [0.3, 0.4) is 0 Å². The SMILES string of the molecule is C=CCCN1CC(C)C(=O)NC1=O. The summed E-state index contributed by atoms with van der Waals surface area (Å²) in [5, 5.41) is 2.30. The Balaban J connectivity index is 2.51. The van der Waals surface area contributed by atoms with Gasteiger partial charge in [0.1, 0.15) is 0 Å². The molecule has 72 valence electrons. The molecule has 4 nitrogen and oxygen atoms in total. The van der Waals surface area contributed by atoms with E-state index in [9.17, 15) is 9.59 Å². The molecule has 1 rings (SSSR count). The van der Waals surface area contributed by atoms with E-state index in [1.54, 1.807) is 11.0 Å². The van der Waals surface area contributed by atoms with E-state index >= 15 is 0 Å². The predicted molar refractivity (Wildman–Crippen MR) is 49.1 cm³/mol. The Bertz CT molecular complexity index is 238. The van der Waals surface area contributed by atoms with Crippen LogP contribution in [0.15, 0.2) is 12.7 Å².